The Morgan fingerprint density at radius 2 is 2.00 bits per heavy atom. The third-order valence-electron chi connectivity index (χ3n) is 2.90. The molecule has 108 valence electrons. The Morgan fingerprint density at radius 1 is 1.44 bits per heavy atom. The fourth-order valence-corrected chi connectivity index (χ4v) is 1.84. The van der Waals surface area contributed by atoms with Crippen LogP contribution in [0.5, 0.6) is 0 Å². The zero-order valence-corrected chi connectivity index (χ0v) is 12.6. The summed E-state index contributed by atoms with van der Waals surface area (Å²) in [5.74, 6) is 0.245. The van der Waals surface area contributed by atoms with Crippen molar-refractivity contribution in [2.45, 2.75) is 59.3 Å². The summed E-state index contributed by atoms with van der Waals surface area (Å²) in [6.45, 7) is 9.01. The second kappa shape index (κ2) is 13.1. The van der Waals surface area contributed by atoms with E-state index in [1.165, 1.54) is 0 Å². The van der Waals surface area contributed by atoms with Crippen LogP contribution in [0.1, 0.15) is 53.4 Å². The van der Waals surface area contributed by atoms with Crippen LogP contribution in [0.3, 0.4) is 0 Å². The molecule has 0 radical (unpaired) electrons. The van der Waals surface area contributed by atoms with Crippen molar-refractivity contribution in [2.75, 3.05) is 13.6 Å². The molecule has 5 heteroatoms. The summed E-state index contributed by atoms with van der Waals surface area (Å²) in [5, 5.41) is 17.5. The summed E-state index contributed by atoms with van der Waals surface area (Å²) < 4.78 is 0. The summed E-state index contributed by atoms with van der Waals surface area (Å²) in [6.07, 6.45) is 5.14. The van der Waals surface area contributed by atoms with Crippen molar-refractivity contribution in [1.29, 1.82) is 0 Å². The molecule has 1 saturated heterocycles. The highest BCUT2D eigenvalue weighted by molar-refractivity contribution is 6.43. The first-order valence-corrected chi connectivity index (χ1v) is 7.04. The molecule has 0 amide bonds. The molecule has 0 aromatic heterocycles. The average molecular weight is 259 g/mol. The van der Waals surface area contributed by atoms with Gasteiger partial charge in [-0.15, -0.1) is 0 Å². The summed E-state index contributed by atoms with van der Waals surface area (Å²) in [6, 6.07) is 0. The van der Waals surface area contributed by atoms with E-state index in [4.69, 9.17) is 10.0 Å². The van der Waals surface area contributed by atoms with Crippen molar-refractivity contribution >= 4 is 13.4 Å². The van der Waals surface area contributed by atoms with Gasteiger partial charge in [-0.2, -0.15) is 0 Å². The lowest BCUT2D eigenvalue weighted by Crippen LogP contribution is -2.39. The van der Waals surface area contributed by atoms with E-state index < -0.39 is 7.12 Å². The number of carbonyl (C=O) groups is 1. The Kier molecular flexibility index (Phi) is 14.5. The van der Waals surface area contributed by atoms with Gasteiger partial charge in [0.1, 0.15) is 6.29 Å². The molecule has 2 atom stereocenters. The highest BCUT2D eigenvalue weighted by Crippen LogP contribution is 2.14. The molecule has 1 fully saturated rings. The maximum absolute atomic E-state index is 9.89. The van der Waals surface area contributed by atoms with Crippen LogP contribution < -0.4 is 0 Å². The minimum absolute atomic E-state index is 0.0231. The van der Waals surface area contributed by atoms with Gasteiger partial charge < -0.3 is 19.7 Å². The first-order valence-electron chi connectivity index (χ1n) is 7.04. The summed E-state index contributed by atoms with van der Waals surface area (Å²) in [5.41, 5.74) is 0. The van der Waals surface area contributed by atoms with Crippen LogP contribution in [0, 0.1) is 5.92 Å². The van der Waals surface area contributed by atoms with Crippen LogP contribution in [0.25, 0.3) is 0 Å². The maximum Gasteiger partial charge on any atom is 0.469 e. The standard InChI is InChI=1S/C6H12O.C5H12BNO2.C2H6/c1-3-4-6(2)5-7;1-7-4-2-3-5(7)6(8)9;1-2/h5-6H,3-4H2,1-2H3;5,8-9H,2-4H2,1H3;1-2H3. The SMILES string of the molecule is CC.CCCC(C)C=O.CN1CCCC1B(O)O. The van der Waals surface area contributed by atoms with Crippen molar-refractivity contribution in [1.82, 2.24) is 4.90 Å². The van der Waals surface area contributed by atoms with E-state index in [1.54, 1.807) is 0 Å². The first-order chi connectivity index (χ1) is 8.52. The number of likely N-dealkylation sites (tertiary alicyclic amines) is 1. The van der Waals surface area contributed by atoms with Crippen molar-refractivity contribution < 1.29 is 14.8 Å². The molecule has 0 aliphatic carbocycles. The van der Waals surface area contributed by atoms with Gasteiger partial charge in [0.25, 0.3) is 0 Å². The van der Waals surface area contributed by atoms with E-state index in [-0.39, 0.29) is 11.9 Å². The molecule has 1 aliphatic rings. The summed E-state index contributed by atoms with van der Waals surface area (Å²) in [7, 11) is 0.759. The van der Waals surface area contributed by atoms with Crippen molar-refractivity contribution in [3.63, 3.8) is 0 Å². The molecule has 0 spiro atoms. The predicted octanol–water partition coefficient (Wildman–Crippen LogP) is 1.74. The molecule has 1 aliphatic heterocycles. The zero-order chi connectivity index (χ0) is 14.6. The Morgan fingerprint density at radius 3 is 2.17 bits per heavy atom. The summed E-state index contributed by atoms with van der Waals surface area (Å²) >= 11 is 0. The van der Waals surface area contributed by atoms with E-state index in [0.29, 0.717) is 0 Å². The van der Waals surface area contributed by atoms with E-state index >= 15 is 0 Å². The van der Waals surface area contributed by atoms with Crippen LogP contribution >= 0.6 is 0 Å². The minimum Gasteiger partial charge on any atom is -0.426 e. The molecule has 2 N–H and O–H groups in total. The van der Waals surface area contributed by atoms with E-state index in [0.717, 1.165) is 38.5 Å². The van der Waals surface area contributed by atoms with Gasteiger partial charge in [-0.25, -0.2) is 0 Å². The molecule has 0 aromatic carbocycles. The van der Waals surface area contributed by atoms with Crippen LogP contribution in [-0.2, 0) is 4.79 Å². The van der Waals surface area contributed by atoms with Gasteiger partial charge in [0.15, 0.2) is 0 Å². The van der Waals surface area contributed by atoms with Gasteiger partial charge in [-0.1, -0.05) is 34.1 Å². The molecule has 2 unspecified atom stereocenters. The number of rotatable bonds is 4. The van der Waals surface area contributed by atoms with Gasteiger partial charge in [-0.3, -0.25) is 0 Å². The highest BCUT2D eigenvalue weighted by atomic mass is 16.4. The number of carbonyl (C=O) groups excluding carboxylic acids is 1. The van der Waals surface area contributed by atoms with E-state index in [1.807, 2.05) is 32.7 Å². The molecule has 1 heterocycles. The lowest BCUT2D eigenvalue weighted by atomic mass is 9.78. The highest BCUT2D eigenvalue weighted by Gasteiger charge is 2.30. The van der Waals surface area contributed by atoms with Crippen LogP contribution in [0.2, 0.25) is 0 Å². The number of aldehydes is 1. The zero-order valence-electron chi connectivity index (χ0n) is 12.6. The topological polar surface area (TPSA) is 60.8 Å². The number of hydrogen-bond acceptors (Lipinski definition) is 4. The molecule has 4 nitrogen and oxygen atoms in total. The average Bonchev–Trinajstić information content (AvgIpc) is 2.79. The predicted molar refractivity (Wildman–Crippen MR) is 77.3 cm³/mol. The molecule has 0 bridgehead atoms. The third kappa shape index (κ3) is 9.63. The van der Waals surface area contributed by atoms with Crippen LogP contribution in [0.4, 0.5) is 0 Å². The second-order valence-electron chi connectivity index (χ2n) is 4.51. The summed E-state index contributed by atoms with van der Waals surface area (Å²) in [4.78, 5) is 11.9. The Balaban J connectivity index is 0. The Labute approximate surface area is 113 Å². The first kappa shape index (κ1) is 19.9. The van der Waals surface area contributed by atoms with E-state index in [2.05, 4.69) is 6.92 Å². The van der Waals surface area contributed by atoms with E-state index in [9.17, 15) is 4.79 Å². The van der Waals surface area contributed by atoms with Crippen molar-refractivity contribution in [3.05, 3.63) is 0 Å². The Hall–Kier alpha value is -0.385. The van der Waals surface area contributed by atoms with Gasteiger partial charge in [0, 0.05) is 11.9 Å². The van der Waals surface area contributed by atoms with Crippen LogP contribution in [-0.4, -0.2) is 47.9 Å². The molecular formula is C13H30BNO3. The normalized spacial score (nSPS) is 20.1. The fraction of sp³-hybridized carbons (Fsp3) is 0.923. The quantitative estimate of drug-likeness (QED) is 0.596. The lowest BCUT2D eigenvalue weighted by Gasteiger charge is -2.17. The monoisotopic (exact) mass is 259 g/mol. The Bertz CT molecular complexity index is 191. The fourth-order valence-electron chi connectivity index (χ4n) is 1.84. The largest absolute Gasteiger partial charge is 0.469 e. The molecule has 0 aromatic rings. The third-order valence-corrected chi connectivity index (χ3v) is 2.90. The maximum atomic E-state index is 9.89. The van der Waals surface area contributed by atoms with Crippen molar-refractivity contribution in [2.24, 2.45) is 5.92 Å². The second-order valence-corrected chi connectivity index (χ2v) is 4.51. The minimum atomic E-state index is -1.16. The van der Waals surface area contributed by atoms with Crippen LogP contribution in [0.15, 0.2) is 0 Å². The van der Waals surface area contributed by atoms with Gasteiger partial charge in [-0.05, 0) is 32.9 Å². The molecule has 0 saturated carbocycles. The lowest BCUT2D eigenvalue weighted by molar-refractivity contribution is -0.110. The molecular weight excluding hydrogens is 229 g/mol. The molecule has 1 rings (SSSR count). The number of hydrogen-bond donors (Lipinski definition) is 2. The van der Waals surface area contributed by atoms with Gasteiger partial charge >= 0.3 is 7.12 Å². The molecule has 18 heavy (non-hydrogen) atoms. The number of nitrogens with zero attached hydrogens (tertiary/aromatic N) is 1. The van der Waals surface area contributed by atoms with Gasteiger partial charge in [0.05, 0.1) is 0 Å². The smallest absolute Gasteiger partial charge is 0.426 e. The van der Waals surface area contributed by atoms with Gasteiger partial charge in [0.2, 0.25) is 0 Å². The van der Waals surface area contributed by atoms with Crippen molar-refractivity contribution in [3.8, 4) is 0 Å².